The molecule has 162 valence electrons. The van der Waals surface area contributed by atoms with E-state index in [1.165, 1.54) is 17.8 Å². The molecule has 0 aliphatic carbocycles. The van der Waals surface area contributed by atoms with Crippen LogP contribution < -0.4 is 10.2 Å². The van der Waals surface area contributed by atoms with E-state index in [1.54, 1.807) is 12.1 Å². The zero-order valence-electron chi connectivity index (χ0n) is 17.6. The number of likely N-dealkylation sites (N-methyl/N-ethyl adjacent to an activating group) is 1. The van der Waals surface area contributed by atoms with Gasteiger partial charge in [0, 0.05) is 56.0 Å². The number of nitrogens with one attached hydrogen (secondary N) is 1. The average Bonchev–Trinajstić information content (AvgIpc) is 3.24. The first-order valence-corrected chi connectivity index (χ1v) is 10.5. The van der Waals surface area contributed by atoms with Crippen molar-refractivity contribution in [2.45, 2.75) is 19.3 Å². The molecule has 7 nitrogen and oxygen atoms in total. The molecule has 8 heteroatoms. The minimum atomic E-state index is -0.313. The molecular formula is C23H26FN5O2. The lowest BCUT2D eigenvalue weighted by Gasteiger charge is -2.34. The van der Waals surface area contributed by atoms with Crippen LogP contribution in [0.25, 0.3) is 11.4 Å². The molecule has 0 spiro atoms. The van der Waals surface area contributed by atoms with Crippen LogP contribution in [0.3, 0.4) is 0 Å². The summed E-state index contributed by atoms with van der Waals surface area (Å²) in [6.45, 7) is 4.15. The fraction of sp³-hybridized carbons (Fsp3) is 0.348. The summed E-state index contributed by atoms with van der Waals surface area (Å²) in [5, 5.41) is 6.85. The van der Waals surface area contributed by atoms with E-state index < -0.39 is 0 Å². The van der Waals surface area contributed by atoms with Crippen LogP contribution in [0.1, 0.15) is 18.7 Å². The van der Waals surface area contributed by atoms with Gasteiger partial charge in [-0.15, -0.1) is 0 Å². The molecule has 0 bridgehead atoms. The molecule has 3 aromatic rings. The van der Waals surface area contributed by atoms with Crippen molar-refractivity contribution in [1.29, 1.82) is 0 Å². The first-order chi connectivity index (χ1) is 15.1. The van der Waals surface area contributed by atoms with Gasteiger partial charge in [0.25, 0.3) is 0 Å². The molecule has 0 radical (unpaired) electrons. The Kier molecular flexibility index (Phi) is 6.57. The number of aryl methyl sites for hydroxylation is 1. The summed E-state index contributed by atoms with van der Waals surface area (Å²) in [4.78, 5) is 21.2. The van der Waals surface area contributed by atoms with Crippen LogP contribution in [-0.2, 0) is 11.2 Å². The van der Waals surface area contributed by atoms with Crippen LogP contribution in [0.4, 0.5) is 15.8 Å². The van der Waals surface area contributed by atoms with Gasteiger partial charge in [-0.25, -0.2) is 4.39 Å². The molecule has 0 unspecified atom stereocenters. The van der Waals surface area contributed by atoms with Gasteiger partial charge in [-0.3, -0.25) is 4.79 Å². The first-order valence-electron chi connectivity index (χ1n) is 10.5. The molecule has 1 amide bonds. The fourth-order valence-electron chi connectivity index (χ4n) is 3.52. The number of hydrogen-bond donors (Lipinski definition) is 1. The second-order valence-corrected chi connectivity index (χ2v) is 7.76. The lowest BCUT2D eigenvalue weighted by molar-refractivity contribution is -0.116. The molecule has 0 saturated carbocycles. The summed E-state index contributed by atoms with van der Waals surface area (Å²) in [5.74, 6) is 0.515. The van der Waals surface area contributed by atoms with Crippen LogP contribution in [0.5, 0.6) is 0 Å². The van der Waals surface area contributed by atoms with E-state index >= 15 is 0 Å². The lowest BCUT2D eigenvalue weighted by Crippen LogP contribution is -2.44. The Morgan fingerprint density at radius 2 is 1.77 bits per heavy atom. The largest absolute Gasteiger partial charge is 0.369 e. The van der Waals surface area contributed by atoms with Crippen molar-refractivity contribution in [3.05, 3.63) is 60.2 Å². The highest BCUT2D eigenvalue weighted by molar-refractivity contribution is 5.90. The van der Waals surface area contributed by atoms with Crippen LogP contribution >= 0.6 is 0 Å². The number of hydrogen-bond acceptors (Lipinski definition) is 6. The van der Waals surface area contributed by atoms with Crippen LogP contribution in [0, 0.1) is 5.82 Å². The van der Waals surface area contributed by atoms with Gasteiger partial charge in [0.2, 0.25) is 17.6 Å². The maximum absolute atomic E-state index is 13.0. The molecule has 1 aromatic heterocycles. The number of amides is 1. The molecule has 1 N–H and O–H groups in total. The number of anilines is 2. The zero-order chi connectivity index (χ0) is 21.6. The van der Waals surface area contributed by atoms with Crippen LogP contribution in [0.2, 0.25) is 0 Å². The molecule has 31 heavy (non-hydrogen) atoms. The number of carbonyl (C=O) groups is 1. The van der Waals surface area contributed by atoms with E-state index in [0.717, 1.165) is 31.9 Å². The van der Waals surface area contributed by atoms with Crippen molar-refractivity contribution in [3.8, 4) is 11.4 Å². The van der Waals surface area contributed by atoms with E-state index in [1.807, 2.05) is 12.1 Å². The quantitative estimate of drug-likeness (QED) is 0.626. The Morgan fingerprint density at radius 3 is 2.48 bits per heavy atom. The highest BCUT2D eigenvalue weighted by Gasteiger charge is 2.14. The van der Waals surface area contributed by atoms with Crippen molar-refractivity contribution < 1.29 is 13.7 Å². The summed E-state index contributed by atoms with van der Waals surface area (Å²) in [6.07, 6.45) is 1.45. The third kappa shape index (κ3) is 5.67. The van der Waals surface area contributed by atoms with Crippen molar-refractivity contribution in [2.24, 2.45) is 0 Å². The van der Waals surface area contributed by atoms with Gasteiger partial charge in [0.15, 0.2) is 0 Å². The van der Waals surface area contributed by atoms with Crippen LogP contribution in [0.15, 0.2) is 53.1 Å². The molecule has 2 aromatic carbocycles. The second-order valence-electron chi connectivity index (χ2n) is 7.76. The van der Waals surface area contributed by atoms with Gasteiger partial charge in [-0.1, -0.05) is 5.16 Å². The summed E-state index contributed by atoms with van der Waals surface area (Å²) < 4.78 is 18.3. The number of piperazine rings is 1. The molecule has 1 aliphatic rings. The molecule has 2 heterocycles. The highest BCUT2D eigenvalue weighted by atomic mass is 19.1. The Hall–Kier alpha value is -3.26. The zero-order valence-corrected chi connectivity index (χ0v) is 17.6. The van der Waals surface area contributed by atoms with Crippen molar-refractivity contribution >= 4 is 17.3 Å². The summed E-state index contributed by atoms with van der Waals surface area (Å²) >= 11 is 0. The minimum Gasteiger partial charge on any atom is -0.369 e. The van der Waals surface area contributed by atoms with Gasteiger partial charge in [-0.2, -0.15) is 4.98 Å². The van der Waals surface area contributed by atoms with Gasteiger partial charge in [0.1, 0.15) is 5.82 Å². The van der Waals surface area contributed by atoms with Gasteiger partial charge >= 0.3 is 0 Å². The first kappa shape index (κ1) is 21.0. The summed E-state index contributed by atoms with van der Waals surface area (Å²) in [6, 6.07) is 13.9. The number of halogens is 1. The summed E-state index contributed by atoms with van der Waals surface area (Å²) in [7, 11) is 2.14. The van der Waals surface area contributed by atoms with Crippen molar-refractivity contribution in [2.75, 3.05) is 43.4 Å². The highest BCUT2D eigenvalue weighted by Crippen LogP contribution is 2.20. The van der Waals surface area contributed by atoms with E-state index in [2.05, 4.69) is 44.4 Å². The topological polar surface area (TPSA) is 74.5 Å². The van der Waals surface area contributed by atoms with Gasteiger partial charge in [0.05, 0.1) is 0 Å². The SMILES string of the molecule is CN1CCN(c2ccc(NC(=O)CCCc3nc(-c4ccc(F)cc4)no3)cc2)CC1. The average molecular weight is 423 g/mol. The molecule has 1 saturated heterocycles. The number of aromatic nitrogens is 2. The molecule has 4 rings (SSSR count). The fourth-order valence-corrected chi connectivity index (χ4v) is 3.52. The second kappa shape index (κ2) is 9.70. The number of nitrogens with zero attached hydrogens (tertiary/aromatic N) is 4. The normalized spacial score (nSPS) is 14.6. The Morgan fingerprint density at radius 1 is 1.06 bits per heavy atom. The maximum atomic E-state index is 13.0. The van der Waals surface area contributed by atoms with Crippen molar-refractivity contribution in [3.63, 3.8) is 0 Å². The predicted molar refractivity (Wildman–Crippen MR) is 117 cm³/mol. The standard InChI is InChI=1S/C23H26FN5O2/c1-28-13-15-29(16-14-28)20-11-9-19(10-12-20)25-21(30)3-2-4-22-26-23(27-31-22)17-5-7-18(24)8-6-17/h5-12H,2-4,13-16H2,1H3,(H,25,30). The Bertz CT molecular complexity index is 996. The molecule has 1 aliphatic heterocycles. The lowest BCUT2D eigenvalue weighted by atomic mass is 10.2. The Labute approximate surface area is 180 Å². The smallest absolute Gasteiger partial charge is 0.226 e. The third-order valence-corrected chi connectivity index (χ3v) is 5.38. The maximum Gasteiger partial charge on any atom is 0.226 e. The van der Waals surface area contributed by atoms with E-state index in [9.17, 15) is 9.18 Å². The van der Waals surface area contributed by atoms with Gasteiger partial charge < -0.3 is 19.6 Å². The van der Waals surface area contributed by atoms with E-state index in [0.29, 0.717) is 36.5 Å². The monoisotopic (exact) mass is 423 g/mol. The van der Waals surface area contributed by atoms with Crippen molar-refractivity contribution in [1.82, 2.24) is 15.0 Å². The minimum absolute atomic E-state index is 0.0504. The van der Waals surface area contributed by atoms with Gasteiger partial charge in [-0.05, 0) is 62.0 Å². The Balaban J connectivity index is 1.22. The number of rotatable bonds is 7. The third-order valence-electron chi connectivity index (χ3n) is 5.38. The number of carbonyl (C=O) groups excluding carboxylic acids is 1. The summed E-state index contributed by atoms with van der Waals surface area (Å²) in [5.41, 5.74) is 2.66. The molecule has 0 atom stereocenters. The van der Waals surface area contributed by atoms with E-state index in [-0.39, 0.29) is 11.7 Å². The van der Waals surface area contributed by atoms with E-state index in [4.69, 9.17) is 4.52 Å². The molecule has 1 fully saturated rings. The van der Waals surface area contributed by atoms with Crippen LogP contribution in [-0.4, -0.2) is 54.2 Å². The molecular weight excluding hydrogens is 397 g/mol. The predicted octanol–water partition coefficient (Wildman–Crippen LogP) is 3.59. The number of benzene rings is 2.